The van der Waals surface area contributed by atoms with Crippen molar-refractivity contribution in [1.29, 1.82) is 0 Å². The summed E-state index contributed by atoms with van der Waals surface area (Å²) in [6.07, 6.45) is -0.267. The average Bonchev–Trinajstić information content (AvgIpc) is 3.13. The number of hydrazine groups is 1. The monoisotopic (exact) mass is 538 g/mol. The normalized spacial score (nSPS) is 14.9. The Kier molecular flexibility index (Phi) is 7.90. The topological polar surface area (TPSA) is 100 Å². The predicted molar refractivity (Wildman–Crippen MR) is 144 cm³/mol. The van der Waals surface area contributed by atoms with E-state index < -0.39 is 23.8 Å². The molecule has 190 valence electrons. The highest BCUT2D eigenvalue weighted by Crippen LogP contribution is 2.28. The van der Waals surface area contributed by atoms with Gasteiger partial charge in [0.05, 0.1) is 26.3 Å². The summed E-state index contributed by atoms with van der Waals surface area (Å²) in [6.45, 7) is 0. The van der Waals surface area contributed by atoms with E-state index in [9.17, 15) is 14.4 Å². The number of benzene rings is 3. The van der Waals surface area contributed by atoms with E-state index in [0.29, 0.717) is 33.5 Å². The summed E-state index contributed by atoms with van der Waals surface area (Å²) in [4.78, 5) is 40.7. The maximum atomic E-state index is 13.5. The van der Waals surface area contributed by atoms with Crippen molar-refractivity contribution in [1.82, 2.24) is 10.4 Å². The van der Waals surface area contributed by atoms with Gasteiger partial charge >= 0.3 is 0 Å². The molecule has 9 nitrogen and oxygen atoms in total. The van der Waals surface area contributed by atoms with Crippen molar-refractivity contribution in [3.63, 3.8) is 0 Å². The molecule has 0 spiro atoms. The Labute approximate surface area is 223 Å². The van der Waals surface area contributed by atoms with Crippen LogP contribution in [-0.4, -0.2) is 48.1 Å². The zero-order chi connectivity index (χ0) is 26.5. The first kappa shape index (κ1) is 25.9. The van der Waals surface area contributed by atoms with Crippen molar-refractivity contribution >= 4 is 58.0 Å². The fraction of sp³-hybridized carbons (Fsp3) is 0.154. The number of nitrogens with one attached hydrogen (secondary N) is 2. The zero-order valence-electron chi connectivity index (χ0n) is 19.9. The number of carbonyl (C=O) groups excluding carboxylic acids is 3. The molecule has 0 radical (unpaired) electrons. The maximum absolute atomic E-state index is 13.5. The molecule has 2 N–H and O–H groups in total. The first-order valence-electron chi connectivity index (χ1n) is 11.1. The van der Waals surface area contributed by atoms with Gasteiger partial charge in [0.2, 0.25) is 11.0 Å². The van der Waals surface area contributed by atoms with Gasteiger partial charge in [-0.3, -0.25) is 24.7 Å². The van der Waals surface area contributed by atoms with Gasteiger partial charge in [-0.15, -0.1) is 0 Å². The Balaban J connectivity index is 1.59. The summed E-state index contributed by atoms with van der Waals surface area (Å²) >= 11 is 11.5. The molecule has 1 aliphatic heterocycles. The van der Waals surface area contributed by atoms with Crippen LogP contribution in [0.1, 0.15) is 16.8 Å². The van der Waals surface area contributed by atoms with Crippen LogP contribution in [-0.2, 0) is 9.59 Å². The van der Waals surface area contributed by atoms with Gasteiger partial charge in [0, 0.05) is 16.3 Å². The lowest BCUT2D eigenvalue weighted by atomic mass is 10.1. The Morgan fingerprint density at radius 3 is 2.05 bits per heavy atom. The van der Waals surface area contributed by atoms with Crippen LogP contribution in [0.3, 0.4) is 0 Å². The number of carbonyl (C=O) groups is 3. The lowest BCUT2D eigenvalue weighted by Gasteiger charge is -2.24. The number of amides is 3. The summed E-state index contributed by atoms with van der Waals surface area (Å²) in [5.74, 6) is -0.214. The molecule has 4 rings (SSSR count). The number of thiocarbonyl (C=S) groups is 1. The molecule has 1 heterocycles. The van der Waals surface area contributed by atoms with Crippen LogP contribution in [0.4, 0.5) is 11.4 Å². The van der Waals surface area contributed by atoms with Crippen LogP contribution in [0.5, 0.6) is 11.5 Å². The average molecular weight is 539 g/mol. The number of ether oxygens (including phenoxy) is 2. The van der Waals surface area contributed by atoms with E-state index in [-0.39, 0.29) is 11.5 Å². The van der Waals surface area contributed by atoms with E-state index in [4.69, 9.17) is 33.3 Å². The van der Waals surface area contributed by atoms with Crippen molar-refractivity contribution in [2.24, 2.45) is 0 Å². The number of hydrogen-bond donors (Lipinski definition) is 2. The minimum absolute atomic E-state index is 0.0290. The van der Waals surface area contributed by atoms with Crippen LogP contribution in [0.2, 0.25) is 5.02 Å². The molecule has 1 fully saturated rings. The number of halogens is 1. The first-order chi connectivity index (χ1) is 17.8. The zero-order valence-corrected chi connectivity index (χ0v) is 21.5. The molecule has 0 saturated carbocycles. The highest BCUT2D eigenvalue weighted by atomic mass is 35.5. The Hall–Kier alpha value is -4.15. The fourth-order valence-corrected chi connectivity index (χ4v) is 4.20. The van der Waals surface area contributed by atoms with Crippen molar-refractivity contribution in [2.75, 3.05) is 24.4 Å². The summed E-state index contributed by atoms with van der Waals surface area (Å²) in [5, 5.41) is 4.54. The molecule has 0 aromatic heterocycles. The molecule has 1 saturated heterocycles. The predicted octanol–water partition coefficient (Wildman–Crippen LogP) is 4.03. The van der Waals surface area contributed by atoms with Crippen LogP contribution in [0.25, 0.3) is 0 Å². The minimum atomic E-state index is -1.08. The standard InChI is InChI=1S/C26H23ClN4O5S/c1-35-20-11-3-16(4-12-20)24(33)29-31-22(15-23(32)28-18-7-5-17(27)6-8-18)25(34)30(26(31)37)19-9-13-21(36-2)14-10-19/h3-14,22H,15H2,1-2H3,(H,28,32)(H,29,33). The summed E-state index contributed by atoms with van der Waals surface area (Å²) < 4.78 is 10.3. The minimum Gasteiger partial charge on any atom is -0.497 e. The van der Waals surface area contributed by atoms with Gasteiger partial charge < -0.3 is 14.8 Å². The van der Waals surface area contributed by atoms with E-state index in [2.05, 4.69) is 10.7 Å². The number of hydrogen-bond acceptors (Lipinski definition) is 6. The highest BCUT2D eigenvalue weighted by Gasteiger charge is 2.45. The number of nitrogens with zero attached hydrogens (tertiary/aromatic N) is 2. The fourth-order valence-electron chi connectivity index (χ4n) is 3.71. The summed E-state index contributed by atoms with van der Waals surface area (Å²) in [6, 6.07) is 18.7. The van der Waals surface area contributed by atoms with Gasteiger partial charge in [-0.25, -0.2) is 5.01 Å². The molecule has 0 aliphatic carbocycles. The molecule has 1 unspecified atom stereocenters. The van der Waals surface area contributed by atoms with Crippen molar-refractivity contribution in [2.45, 2.75) is 12.5 Å². The van der Waals surface area contributed by atoms with Gasteiger partial charge in [-0.2, -0.15) is 0 Å². The van der Waals surface area contributed by atoms with Gasteiger partial charge in [0.25, 0.3) is 11.8 Å². The molecule has 11 heteroatoms. The maximum Gasteiger partial charge on any atom is 0.269 e. The van der Waals surface area contributed by atoms with Crippen LogP contribution in [0.15, 0.2) is 72.8 Å². The van der Waals surface area contributed by atoms with E-state index >= 15 is 0 Å². The van der Waals surface area contributed by atoms with Gasteiger partial charge in [-0.1, -0.05) is 11.6 Å². The second kappa shape index (κ2) is 11.3. The van der Waals surface area contributed by atoms with E-state index in [1.54, 1.807) is 72.8 Å². The van der Waals surface area contributed by atoms with E-state index in [0.717, 1.165) is 0 Å². The summed E-state index contributed by atoms with van der Waals surface area (Å²) in [7, 11) is 3.06. The summed E-state index contributed by atoms with van der Waals surface area (Å²) in [5.41, 5.74) is 4.00. The molecule has 3 aromatic rings. The first-order valence-corrected chi connectivity index (χ1v) is 11.9. The smallest absolute Gasteiger partial charge is 0.269 e. The Bertz CT molecular complexity index is 1320. The Morgan fingerprint density at radius 2 is 1.49 bits per heavy atom. The molecular weight excluding hydrogens is 516 g/mol. The molecule has 1 atom stereocenters. The van der Waals surface area contributed by atoms with Crippen molar-refractivity contribution < 1.29 is 23.9 Å². The van der Waals surface area contributed by atoms with Crippen molar-refractivity contribution in [3.8, 4) is 11.5 Å². The lowest BCUT2D eigenvalue weighted by Crippen LogP contribution is -2.49. The lowest BCUT2D eigenvalue weighted by molar-refractivity contribution is -0.124. The molecular formula is C26H23ClN4O5S. The molecule has 1 aliphatic rings. The quantitative estimate of drug-likeness (QED) is 0.418. The third kappa shape index (κ3) is 5.82. The molecule has 3 aromatic carbocycles. The number of rotatable bonds is 8. The van der Waals surface area contributed by atoms with E-state index in [1.807, 2.05) is 0 Å². The number of methoxy groups -OCH3 is 2. The Morgan fingerprint density at radius 1 is 0.919 bits per heavy atom. The van der Waals surface area contributed by atoms with Crippen molar-refractivity contribution in [3.05, 3.63) is 83.4 Å². The van der Waals surface area contributed by atoms with E-state index in [1.165, 1.54) is 24.1 Å². The largest absolute Gasteiger partial charge is 0.497 e. The van der Waals surface area contributed by atoms with Crippen LogP contribution < -0.4 is 25.1 Å². The van der Waals surface area contributed by atoms with Gasteiger partial charge in [0.1, 0.15) is 17.5 Å². The molecule has 37 heavy (non-hydrogen) atoms. The molecule has 0 bridgehead atoms. The van der Waals surface area contributed by atoms with Gasteiger partial charge in [0.15, 0.2) is 0 Å². The second-order valence-corrected chi connectivity index (χ2v) is 8.77. The highest BCUT2D eigenvalue weighted by molar-refractivity contribution is 7.80. The SMILES string of the molecule is COc1ccc(C(=O)NN2C(=S)N(c3ccc(OC)cc3)C(=O)C2CC(=O)Nc2ccc(Cl)cc2)cc1. The third-order valence-corrected chi connectivity index (χ3v) is 6.26. The second-order valence-electron chi connectivity index (χ2n) is 7.97. The van der Waals surface area contributed by atoms with Crippen LogP contribution >= 0.6 is 23.8 Å². The number of anilines is 2. The third-order valence-electron chi connectivity index (χ3n) is 5.63. The van der Waals surface area contributed by atoms with Gasteiger partial charge in [-0.05, 0) is 85.0 Å². The van der Waals surface area contributed by atoms with Crippen LogP contribution in [0, 0.1) is 0 Å². The molecule has 3 amide bonds.